The van der Waals surface area contributed by atoms with E-state index in [1.807, 2.05) is 23.0 Å². The zero-order valence-corrected chi connectivity index (χ0v) is 12.7. The fourth-order valence-corrected chi connectivity index (χ4v) is 3.73. The molecule has 3 rings (SSSR count). The largest absolute Gasteiger partial charge is 0.313 e. The van der Waals surface area contributed by atoms with Crippen LogP contribution in [-0.4, -0.2) is 16.7 Å². The zero-order chi connectivity index (χ0) is 14.1. The maximum atomic E-state index is 4.49. The molecule has 0 aromatic carbocycles. The van der Waals surface area contributed by atoms with Crippen molar-refractivity contribution in [3.63, 3.8) is 0 Å². The molecule has 4 atom stereocenters. The fourth-order valence-electron chi connectivity index (χ4n) is 3.73. The first-order valence-electron chi connectivity index (χ1n) is 7.80. The number of fused-ring (bicyclic) bond motifs is 1. The summed E-state index contributed by atoms with van der Waals surface area (Å²) in [5.41, 5.74) is 2.58. The maximum absolute atomic E-state index is 4.49. The molecule has 2 aromatic heterocycles. The van der Waals surface area contributed by atoms with Gasteiger partial charge in [0, 0.05) is 17.8 Å². The molecule has 3 nitrogen and oxygen atoms in total. The van der Waals surface area contributed by atoms with Crippen molar-refractivity contribution in [2.75, 3.05) is 7.05 Å². The second-order valence-corrected chi connectivity index (χ2v) is 6.42. The van der Waals surface area contributed by atoms with Gasteiger partial charge in [0.05, 0.1) is 11.7 Å². The van der Waals surface area contributed by atoms with E-state index in [0.717, 1.165) is 17.8 Å². The highest BCUT2D eigenvalue weighted by Crippen LogP contribution is 2.40. The van der Waals surface area contributed by atoms with Gasteiger partial charge in [0.1, 0.15) is 0 Å². The van der Waals surface area contributed by atoms with Gasteiger partial charge in [0.2, 0.25) is 0 Å². The van der Waals surface area contributed by atoms with Gasteiger partial charge in [0.15, 0.2) is 0 Å². The van der Waals surface area contributed by atoms with Crippen molar-refractivity contribution in [2.24, 2.45) is 17.8 Å². The third kappa shape index (κ3) is 2.35. The van der Waals surface area contributed by atoms with Crippen molar-refractivity contribution >= 4 is 5.52 Å². The van der Waals surface area contributed by atoms with Crippen LogP contribution in [0.5, 0.6) is 0 Å². The van der Waals surface area contributed by atoms with Gasteiger partial charge in [-0.1, -0.05) is 26.3 Å². The SMILES string of the molecule is CNC(c1cnn2ccccc12)C1CCC(C)C(C)C1. The fraction of sp³-hybridized carbons (Fsp3) is 0.588. The topological polar surface area (TPSA) is 29.3 Å². The van der Waals surface area contributed by atoms with Gasteiger partial charge in [-0.25, -0.2) is 4.52 Å². The Kier molecular flexibility index (Phi) is 3.79. The summed E-state index contributed by atoms with van der Waals surface area (Å²) in [6.07, 6.45) is 8.05. The van der Waals surface area contributed by atoms with Crippen molar-refractivity contribution in [2.45, 2.75) is 39.2 Å². The molecule has 2 heterocycles. The highest BCUT2D eigenvalue weighted by Gasteiger charge is 2.31. The molecule has 0 amide bonds. The van der Waals surface area contributed by atoms with Gasteiger partial charge >= 0.3 is 0 Å². The van der Waals surface area contributed by atoms with E-state index >= 15 is 0 Å². The number of rotatable bonds is 3. The van der Waals surface area contributed by atoms with Crippen LogP contribution in [0, 0.1) is 17.8 Å². The quantitative estimate of drug-likeness (QED) is 0.923. The average Bonchev–Trinajstić information content (AvgIpc) is 2.88. The van der Waals surface area contributed by atoms with Crippen molar-refractivity contribution < 1.29 is 0 Å². The molecule has 0 saturated heterocycles. The lowest BCUT2D eigenvalue weighted by molar-refractivity contribution is 0.175. The molecule has 1 saturated carbocycles. The first-order chi connectivity index (χ1) is 9.70. The molecular weight excluding hydrogens is 246 g/mol. The summed E-state index contributed by atoms with van der Waals surface area (Å²) in [6, 6.07) is 6.72. The molecule has 1 aliphatic rings. The summed E-state index contributed by atoms with van der Waals surface area (Å²) in [5, 5.41) is 8.04. The predicted octanol–water partition coefficient (Wildman–Crippen LogP) is 3.67. The Morgan fingerprint density at radius 2 is 2.10 bits per heavy atom. The van der Waals surface area contributed by atoms with E-state index in [4.69, 9.17) is 0 Å². The monoisotopic (exact) mass is 271 g/mol. The number of aromatic nitrogens is 2. The molecule has 3 heteroatoms. The molecule has 0 bridgehead atoms. The number of hydrogen-bond donors (Lipinski definition) is 1. The number of nitrogens with zero attached hydrogens (tertiary/aromatic N) is 2. The van der Waals surface area contributed by atoms with E-state index < -0.39 is 0 Å². The minimum Gasteiger partial charge on any atom is -0.313 e. The van der Waals surface area contributed by atoms with E-state index in [1.54, 1.807) is 0 Å². The highest BCUT2D eigenvalue weighted by atomic mass is 15.2. The Balaban J connectivity index is 1.90. The normalized spacial score (nSPS) is 28.6. The van der Waals surface area contributed by atoms with Crippen LogP contribution in [0.15, 0.2) is 30.6 Å². The first-order valence-corrected chi connectivity index (χ1v) is 7.80. The molecule has 108 valence electrons. The Labute approximate surface area is 121 Å². The minimum atomic E-state index is 0.421. The number of nitrogens with one attached hydrogen (secondary N) is 1. The van der Waals surface area contributed by atoms with Crippen LogP contribution < -0.4 is 5.32 Å². The van der Waals surface area contributed by atoms with E-state index in [2.05, 4.69) is 43.4 Å². The van der Waals surface area contributed by atoms with Gasteiger partial charge in [-0.15, -0.1) is 0 Å². The average molecular weight is 271 g/mol. The Hall–Kier alpha value is -1.35. The molecule has 1 fully saturated rings. The summed E-state index contributed by atoms with van der Waals surface area (Å²) in [5.74, 6) is 2.42. The van der Waals surface area contributed by atoms with Crippen LogP contribution in [0.25, 0.3) is 5.52 Å². The van der Waals surface area contributed by atoms with Crippen molar-refractivity contribution in [3.8, 4) is 0 Å². The van der Waals surface area contributed by atoms with E-state index in [1.165, 1.54) is 30.3 Å². The van der Waals surface area contributed by atoms with Crippen molar-refractivity contribution in [1.82, 2.24) is 14.9 Å². The molecule has 0 spiro atoms. The standard InChI is InChI=1S/C17H25N3/c1-12-7-8-14(10-13(12)2)17(18-3)15-11-19-20-9-5-4-6-16(15)20/h4-6,9,11-14,17-18H,7-8,10H2,1-3H3. The van der Waals surface area contributed by atoms with Crippen LogP contribution in [0.2, 0.25) is 0 Å². The second kappa shape index (κ2) is 5.57. The van der Waals surface area contributed by atoms with Gasteiger partial charge in [-0.05, 0) is 49.8 Å². The van der Waals surface area contributed by atoms with Gasteiger partial charge in [0.25, 0.3) is 0 Å². The number of pyridine rings is 1. The van der Waals surface area contributed by atoms with E-state index in [-0.39, 0.29) is 0 Å². The molecule has 1 N–H and O–H groups in total. The molecule has 0 aliphatic heterocycles. The first kappa shape index (κ1) is 13.6. The zero-order valence-electron chi connectivity index (χ0n) is 12.7. The Morgan fingerprint density at radius 3 is 2.85 bits per heavy atom. The van der Waals surface area contributed by atoms with Crippen LogP contribution in [0.4, 0.5) is 0 Å². The number of hydrogen-bond acceptors (Lipinski definition) is 2. The predicted molar refractivity (Wildman–Crippen MR) is 82.7 cm³/mol. The smallest absolute Gasteiger partial charge is 0.0709 e. The highest BCUT2D eigenvalue weighted by molar-refractivity contribution is 5.55. The Morgan fingerprint density at radius 1 is 1.25 bits per heavy atom. The summed E-state index contributed by atoms with van der Waals surface area (Å²) in [4.78, 5) is 0. The van der Waals surface area contributed by atoms with Crippen molar-refractivity contribution in [1.29, 1.82) is 0 Å². The molecule has 0 radical (unpaired) electrons. The maximum Gasteiger partial charge on any atom is 0.0709 e. The molecular formula is C17H25N3. The van der Waals surface area contributed by atoms with Crippen LogP contribution in [0.3, 0.4) is 0 Å². The minimum absolute atomic E-state index is 0.421. The van der Waals surface area contributed by atoms with Gasteiger partial charge in [-0.2, -0.15) is 5.10 Å². The molecule has 2 aromatic rings. The summed E-state index contributed by atoms with van der Waals surface area (Å²) in [7, 11) is 2.08. The van der Waals surface area contributed by atoms with Crippen molar-refractivity contribution in [3.05, 3.63) is 36.2 Å². The second-order valence-electron chi connectivity index (χ2n) is 6.42. The lowest BCUT2D eigenvalue weighted by atomic mass is 9.72. The molecule has 4 unspecified atom stereocenters. The third-order valence-electron chi connectivity index (χ3n) is 5.21. The Bertz CT molecular complexity index is 574. The van der Waals surface area contributed by atoms with E-state index in [9.17, 15) is 0 Å². The van der Waals surface area contributed by atoms with Crippen LogP contribution >= 0.6 is 0 Å². The lowest BCUT2D eigenvalue weighted by Gasteiger charge is -2.36. The summed E-state index contributed by atoms with van der Waals surface area (Å²) >= 11 is 0. The van der Waals surface area contributed by atoms with Gasteiger partial charge < -0.3 is 5.32 Å². The third-order valence-corrected chi connectivity index (χ3v) is 5.21. The van der Waals surface area contributed by atoms with Crippen LogP contribution in [0.1, 0.15) is 44.7 Å². The van der Waals surface area contributed by atoms with Crippen LogP contribution in [-0.2, 0) is 0 Å². The molecule has 20 heavy (non-hydrogen) atoms. The van der Waals surface area contributed by atoms with Gasteiger partial charge in [-0.3, -0.25) is 0 Å². The molecule has 1 aliphatic carbocycles. The lowest BCUT2D eigenvalue weighted by Crippen LogP contribution is -2.31. The summed E-state index contributed by atoms with van der Waals surface area (Å²) in [6.45, 7) is 4.80. The van der Waals surface area contributed by atoms with E-state index in [0.29, 0.717) is 6.04 Å². The summed E-state index contributed by atoms with van der Waals surface area (Å²) < 4.78 is 1.98.